The first-order chi connectivity index (χ1) is 8.61. The van der Waals surface area contributed by atoms with Gasteiger partial charge < -0.3 is 10.6 Å². The van der Waals surface area contributed by atoms with Crippen molar-refractivity contribution in [3.63, 3.8) is 0 Å². The van der Waals surface area contributed by atoms with Crippen LogP contribution >= 0.6 is 11.6 Å². The maximum absolute atomic E-state index is 12.0. The van der Waals surface area contributed by atoms with Gasteiger partial charge in [0, 0.05) is 12.2 Å². The summed E-state index contributed by atoms with van der Waals surface area (Å²) < 4.78 is 0. The molecule has 1 fully saturated rings. The smallest absolute Gasteiger partial charge is 0.229 e. The fraction of sp³-hybridized carbons (Fsp3) is 0.385. The lowest BCUT2D eigenvalue weighted by molar-refractivity contribution is -0.120. The van der Waals surface area contributed by atoms with Gasteiger partial charge in [-0.05, 0) is 30.7 Å². The van der Waals surface area contributed by atoms with E-state index >= 15 is 0 Å². The predicted molar refractivity (Wildman–Crippen MR) is 70.3 cm³/mol. The lowest BCUT2D eigenvalue weighted by atomic mass is 9.97. The zero-order valence-corrected chi connectivity index (χ0v) is 10.8. The van der Waals surface area contributed by atoms with Gasteiger partial charge in [-0.3, -0.25) is 4.79 Å². The molecule has 0 aliphatic carbocycles. The van der Waals surface area contributed by atoms with Crippen LogP contribution < -0.4 is 10.6 Å². The van der Waals surface area contributed by atoms with E-state index < -0.39 is 0 Å². The number of rotatable bonds is 2. The summed E-state index contributed by atoms with van der Waals surface area (Å²) in [6.45, 7) is 3.61. The first-order valence-corrected chi connectivity index (χ1v) is 6.21. The number of halogens is 1. The quantitative estimate of drug-likeness (QED) is 0.858. The van der Waals surface area contributed by atoms with Crippen molar-refractivity contribution >= 4 is 23.2 Å². The van der Waals surface area contributed by atoms with E-state index in [4.69, 9.17) is 16.9 Å². The second kappa shape index (κ2) is 5.38. The van der Waals surface area contributed by atoms with Crippen molar-refractivity contribution in [2.24, 2.45) is 11.8 Å². The molecule has 1 heterocycles. The van der Waals surface area contributed by atoms with Crippen molar-refractivity contribution < 1.29 is 4.79 Å². The highest BCUT2D eigenvalue weighted by Crippen LogP contribution is 2.22. The minimum Gasteiger partial charge on any atom is -0.326 e. The van der Waals surface area contributed by atoms with Crippen LogP contribution in [0.15, 0.2) is 18.2 Å². The summed E-state index contributed by atoms with van der Waals surface area (Å²) in [4.78, 5) is 12.0. The SMILES string of the molecule is CC1CNCC1C(=O)Nc1ccc(Cl)c(C#N)c1. The Bertz CT molecular complexity index is 509. The molecule has 18 heavy (non-hydrogen) atoms. The molecular weight excluding hydrogens is 250 g/mol. The number of carbonyl (C=O) groups is 1. The summed E-state index contributed by atoms with van der Waals surface area (Å²) in [5.74, 6) is 0.290. The summed E-state index contributed by atoms with van der Waals surface area (Å²) in [6, 6.07) is 6.90. The lowest BCUT2D eigenvalue weighted by Gasteiger charge is -2.14. The third-order valence-corrected chi connectivity index (χ3v) is 3.54. The zero-order chi connectivity index (χ0) is 13.1. The van der Waals surface area contributed by atoms with Crippen molar-refractivity contribution in [2.45, 2.75) is 6.92 Å². The van der Waals surface area contributed by atoms with Gasteiger partial charge in [-0.25, -0.2) is 0 Å². The molecule has 1 aliphatic heterocycles. The molecule has 0 aromatic heterocycles. The van der Waals surface area contributed by atoms with Gasteiger partial charge in [-0.1, -0.05) is 18.5 Å². The normalized spacial score (nSPS) is 22.5. The Morgan fingerprint density at radius 1 is 1.56 bits per heavy atom. The number of hydrogen-bond donors (Lipinski definition) is 2. The van der Waals surface area contributed by atoms with Crippen LogP contribution in [0.4, 0.5) is 5.69 Å². The highest BCUT2D eigenvalue weighted by atomic mass is 35.5. The molecule has 1 aliphatic rings. The number of anilines is 1. The number of amides is 1. The van der Waals surface area contributed by atoms with Crippen LogP contribution in [0.1, 0.15) is 12.5 Å². The maximum Gasteiger partial charge on any atom is 0.229 e. The Hall–Kier alpha value is -1.57. The van der Waals surface area contributed by atoms with Crippen LogP contribution in [-0.4, -0.2) is 19.0 Å². The minimum absolute atomic E-state index is 0.0151. The standard InChI is InChI=1S/C13H14ClN3O/c1-8-6-16-7-11(8)13(18)17-10-2-3-12(14)9(4-10)5-15/h2-4,8,11,16H,6-7H2,1H3,(H,17,18). The van der Waals surface area contributed by atoms with E-state index in [0.717, 1.165) is 6.54 Å². The average molecular weight is 264 g/mol. The van der Waals surface area contributed by atoms with Crippen LogP contribution in [0.5, 0.6) is 0 Å². The number of nitrogens with zero attached hydrogens (tertiary/aromatic N) is 1. The third kappa shape index (κ3) is 2.63. The molecule has 5 heteroatoms. The summed E-state index contributed by atoms with van der Waals surface area (Å²) in [7, 11) is 0. The molecule has 0 saturated carbocycles. The van der Waals surface area contributed by atoms with Crippen molar-refractivity contribution in [1.82, 2.24) is 5.32 Å². The minimum atomic E-state index is -0.0220. The van der Waals surface area contributed by atoms with E-state index in [9.17, 15) is 4.79 Å². The number of benzene rings is 1. The molecule has 0 spiro atoms. The summed E-state index contributed by atoms with van der Waals surface area (Å²) in [5.41, 5.74) is 0.979. The second-order valence-electron chi connectivity index (χ2n) is 4.54. The van der Waals surface area contributed by atoms with Crippen molar-refractivity contribution in [1.29, 1.82) is 5.26 Å². The van der Waals surface area contributed by atoms with Crippen molar-refractivity contribution in [2.75, 3.05) is 18.4 Å². The Labute approximate surface area is 111 Å². The van der Waals surface area contributed by atoms with Crippen LogP contribution in [-0.2, 0) is 4.79 Å². The Morgan fingerprint density at radius 2 is 2.33 bits per heavy atom. The first-order valence-electron chi connectivity index (χ1n) is 5.83. The number of nitriles is 1. The van der Waals surface area contributed by atoms with Crippen LogP contribution in [0.3, 0.4) is 0 Å². The van der Waals surface area contributed by atoms with Gasteiger partial charge in [-0.2, -0.15) is 5.26 Å². The van der Waals surface area contributed by atoms with Gasteiger partial charge in [0.05, 0.1) is 16.5 Å². The van der Waals surface area contributed by atoms with Gasteiger partial charge in [0.1, 0.15) is 6.07 Å². The van der Waals surface area contributed by atoms with Gasteiger partial charge in [0.25, 0.3) is 0 Å². The molecule has 1 saturated heterocycles. The van der Waals surface area contributed by atoms with E-state index in [1.807, 2.05) is 13.0 Å². The molecule has 1 aromatic carbocycles. The van der Waals surface area contributed by atoms with Crippen LogP contribution in [0.25, 0.3) is 0 Å². The van der Waals surface area contributed by atoms with Gasteiger partial charge >= 0.3 is 0 Å². The van der Waals surface area contributed by atoms with Gasteiger partial charge in [0.2, 0.25) is 5.91 Å². The van der Waals surface area contributed by atoms with Crippen LogP contribution in [0.2, 0.25) is 5.02 Å². The van der Waals surface area contributed by atoms with Crippen molar-refractivity contribution in [3.05, 3.63) is 28.8 Å². The molecule has 4 nitrogen and oxygen atoms in total. The zero-order valence-electron chi connectivity index (χ0n) is 10.0. The van der Waals surface area contributed by atoms with Crippen LogP contribution in [0, 0.1) is 23.2 Å². The first kappa shape index (κ1) is 12.9. The predicted octanol–water partition coefficient (Wildman–Crippen LogP) is 2.01. The summed E-state index contributed by atoms with van der Waals surface area (Å²) in [6.07, 6.45) is 0. The molecule has 1 aromatic rings. The Balaban J connectivity index is 2.10. The molecule has 1 amide bonds. The Kier molecular flexibility index (Phi) is 3.85. The lowest BCUT2D eigenvalue weighted by Crippen LogP contribution is -2.27. The molecule has 0 radical (unpaired) electrons. The monoisotopic (exact) mass is 263 g/mol. The highest BCUT2D eigenvalue weighted by Gasteiger charge is 2.29. The fourth-order valence-electron chi connectivity index (χ4n) is 2.08. The van der Waals surface area contributed by atoms with E-state index in [0.29, 0.717) is 28.7 Å². The molecule has 2 rings (SSSR count). The highest BCUT2D eigenvalue weighted by molar-refractivity contribution is 6.31. The molecular formula is C13H14ClN3O. The Morgan fingerprint density at radius 3 is 2.94 bits per heavy atom. The van der Waals surface area contributed by atoms with E-state index in [-0.39, 0.29) is 11.8 Å². The number of carbonyl (C=O) groups excluding carboxylic acids is 1. The maximum atomic E-state index is 12.0. The number of hydrogen-bond acceptors (Lipinski definition) is 3. The molecule has 2 atom stereocenters. The van der Waals surface area contributed by atoms with Crippen molar-refractivity contribution in [3.8, 4) is 6.07 Å². The molecule has 2 unspecified atom stereocenters. The number of nitrogens with one attached hydrogen (secondary N) is 2. The van der Waals surface area contributed by atoms with E-state index in [1.165, 1.54) is 0 Å². The fourth-order valence-corrected chi connectivity index (χ4v) is 2.24. The largest absolute Gasteiger partial charge is 0.326 e. The van der Waals surface area contributed by atoms with Gasteiger partial charge in [-0.15, -0.1) is 0 Å². The topological polar surface area (TPSA) is 64.9 Å². The summed E-state index contributed by atoms with van der Waals surface area (Å²) >= 11 is 5.84. The second-order valence-corrected chi connectivity index (χ2v) is 4.94. The third-order valence-electron chi connectivity index (χ3n) is 3.21. The molecule has 94 valence electrons. The average Bonchev–Trinajstić information content (AvgIpc) is 2.78. The molecule has 0 bridgehead atoms. The van der Waals surface area contributed by atoms with E-state index in [2.05, 4.69) is 10.6 Å². The van der Waals surface area contributed by atoms with E-state index in [1.54, 1.807) is 18.2 Å². The van der Waals surface area contributed by atoms with Gasteiger partial charge in [0.15, 0.2) is 0 Å². The summed E-state index contributed by atoms with van der Waals surface area (Å²) in [5, 5.41) is 15.3. The molecule has 2 N–H and O–H groups in total.